The van der Waals surface area contributed by atoms with E-state index in [2.05, 4.69) is 15.7 Å². The maximum Gasteiger partial charge on any atom is 0.237 e. The number of hydrogen-bond donors (Lipinski definition) is 2. The number of nitrogens with one attached hydrogen (secondary N) is 2. The van der Waals surface area contributed by atoms with Gasteiger partial charge in [-0.25, -0.2) is 0 Å². The normalized spacial score (nSPS) is 18.8. The van der Waals surface area contributed by atoms with Gasteiger partial charge in [0.25, 0.3) is 0 Å². The molecule has 0 spiro atoms. The van der Waals surface area contributed by atoms with Gasteiger partial charge in [0.1, 0.15) is 0 Å². The maximum atomic E-state index is 11.8. The first kappa shape index (κ1) is 12.1. The summed E-state index contributed by atoms with van der Waals surface area (Å²) in [5.41, 5.74) is 1.10. The Balaban J connectivity index is 1.84. The molecule has 1 amide bonds. The summed E-state index contributed by atoms with van der Waals surface area (Å²) in [6, 6.07) is 0.370. The van der Waals surface area contributed by atoms with Crippen LogP contribution in [0.25, 0.3) is 0 Å². The Hall–Kier alpha value is -1.36. The third-order valence-electron chi connectivity index (χ3n) is 3.04. The Labute approximate surface area is 102 Å². The lowest BCUT2D eigenvalue weighted by molar-refractivity contribution is -0.123. The van der Waals surface area contributed by atoms with E-state index in [9.17, 15) is 4.79 Å². The summed E-state index contributed by atoms with van der Waals surface area (Å²) in [6.07, 6.45) is 6.03. The van der Waals surface area contributed by atoms with Crippen LogP contribution in [0.2, 0.25) is 0 Å². The molecule has 1 aromatic heterocycles. The number of rotatable bonds is 5. The summed E-state index contributed by atoms with van der Waals surface area (Å²) in [7, 11) is 1.89. The van der Waals surface area contributed by atoms with Gasteiger partial charge >= 0.3 is 0 Å². The molecule has 17 heavy (non-hydrogen) atoms. The predicted octanol–water partition coefficient (Wildman–Crippen LogP) is 0.738. The highest BCUT2D eigenvalue weighted by Gasteiger charge is 2.26. The van der Waals surface area contributed by atoms with Crippen molar-refractivity contribution in [3.63, 3.8) is 0 Å². The van der Waals surface area contributed by atoms with Crippen LogP contribution in [0, 0.1) is 0 Å². The Morgan fingerprint density at radius 1 is 1.53 bits per heavy atom. The standard InChI is InChI=1S/C12H20N4O/c1-8(10-6-13-16(3)7-10)14-9(2)12(17)15-11-4-5-11/h6-9,11,14H,4-5H2,1-3H3,(H,15,17). The van der Waals surface area contributed by atoms with Gasteiger partial charge in [-0.3, -0.25) is 14.8 Å². The van der Waals surface area contributed by atoms with Crippen LogP contribution >= 0.6 is 0 Å². The van der Waals surface area contributed by atoms with E-state index in [-0.39, 0.29) is 18.0 Å². The van der Waals surface area contributed by atoms with Crippen LogP contribution in [0.1, 0.15) is 38.3 Å². The number of nitrogens with zero attached hydrogens (tertiary/aromatic N) is 2. The molecule has 2 unspecified atom stereocenters. The fraction of sp³-hybridized carbons (Fsp3) is 0.667. The molecule has 1 aromatic rings. The summed E-state index contributed by atoms with van der Waals surface area (Å²) in [5, 5.41) is 10.4. The molecule has 0 radical (unpaired) electrons. The largest absolute Gasteiger partial charge is 0.352 e. The van der Waals surface area contributed by atoms with E-state index in [4.69, 9.17) is 0 Å². The fourth-order valence-corrected chi connectivity index (χ4v) is 1.76. The summed E-state index contributed by atoms with van der Waals surface area (Å²) < 4.78 is 1.77. The molecule has 5 heteroatoms. The van der Waals surface area contributed by atoms with Crippen molar-refractivity contribution in [1.82, 2.24) is 20.4 Å². The number of hydrogen-bond acceptors (Lipinski definition) is 3. The van der Waals surface area contributed by atoms with Crippen LogP contribution in [-0.2, 0) is 11.8 Å². The minimum Gasteiger partial charge on any atom is -0.352 e. The molecule has 1 heterocycles. The van der Waals surface area contributed by atoms with Gasteiger partial charge in [0.05, 0.1) is 12.2 Å². The fourth-order valence-electron chi connectivity index (χ4n) is 1.76. The Kier molecular flexibility index (Phi) is 3.47. The molecule has 1 saturated carbocycles. The van der Waals surface area contributed by atoms with E-state index < -0.39 is 0 Å². The maximum absolute atomic E-state index is 11.8. The first-order valence-electron chi connectivity index (χ1n) is 6.11. The van der Waals surface area contributed by atoms with E-state index in [1.54, 1.807) is 4.68 Å². The highest BCUT2D eigenvalue weighted by atomic mass is 16.2. The summed E-state index contributed by atoms with van der Waals surface area (Å²) >= 11 is 0. The molecule has 0 aliphatic heterocycles. The number of amides is 1. The van der Waals surface area contributed by atoms with Gasteiger partial charge in [-0.2, -0.15) is 5.10 Å². The van der Waals surface area contributed by atoms with Gasteiger partial charge in [-0.1, -0.05) is 0 Å². The predicted molar refractivity (Wildman–Crippen MR) is 65.4 cm³/mol. The second kappa shape index (κ2) is 4.87. The van der Waals surface area contributed by atoms with Crippen molar-refractivity contribution in [2.45, 2.75) is 44.8 Å². The lowest BCUT2D eigenvalue weighted by atomic mass is 10.1. The quantitative estimate of drug-likeness (QED) is 0.792. The monoisotopic (exact) mass is 236 g/mol. The van der Waals surface area contributed by atoms with Crippen molar-refractivity contribution in [3.8, 4) is 0 Å². The molecule has 1 aliphatic carbocycles. The van der Waals surface area contributed by atoms with Crippen LogP contribution in [0.5, 0.6) is 0 Å². The van der Waals surface area contributed by atoms with Crippen LogP contribution in [0.3, 0.4) is 0 Å². The Bertz CT molecular complexity index is 397. The molecule has 1 aliphatic rings. The van der Waals surface area contributed by atoms with Crippen LogP contribution in [-0.4, -0.2) is 27.8 Å². The van der Waals surface area contributed by atoms with Gasteiger partial charge < -0.3 is 5.32 Å². The Morgan fingerprint density at radius 3 is 2.76 bits per heavy atom. The third kappa shape index (κ3) is 3.30. The van der Waals surface area contributed by atoms with Crippen molar-refractivity contribution < 1.29 is 4.79 Å². The number of carbonyl (C=O) groups is 1. The van der Waals surface area contributed by atoms with Crippen molar-refractivity contribution in [2.75, 3.05) is 0 Å². The molecule has 2 rings (SSSR count). The van der Waals surface area contributed by atoms with Gasteiger partial charge in [-0.15, -0.1) is 0 Å². The second-order valence-electron chi connectivity index (χ2n) is 4.84. The highest BCUT2D eigenvalue weighted by Crippen LogP contribution is 2.19. The molecule has 2 N–H and O–H groups in total. The van der Waals surface area contributed by atoms with Crippen molar-refractivity contribution in [1.29, 1.82) is 0 Å². The van der Waals surface area contributed by atoms with Gasteiger partial charge in [0.2, 0.25) is 5.91 Å². The van der Waals surface area contributed by atoms with Gasteiger partial charge in [-0.05, 0) is 26.7 Å². The van der Waals surface area contributed by atoms with Crippen molar-refractivity contribution in [3.05, 3.63) is 18.0 Å². The average Bonchev–Trinajstić information content (AvgIpc) is 2.97. The SMILES string of the molecule is CC(NC(C)c1cnn(C)c1)C(=O)NC1CC1. The smallest absolute Gasteiger partial charge is 0.237 e. The van der Waals surface area contributed by atoms with Crippen molar-refractivity contribution in [2.24, 2.45) is 7.05 Å². The zero-order valence-electron chi connectivity index (χ0n) is 10.6. The average molecular weight is 236 g/mol. The molecule has 0 saturated heterocycles. The van der Waals surface area contributed by atoms with Crippen LogP contribution < -0.4 is 10.6 Å². The topological polar surface area (TPSA) is 59.0 Å². The van der Waals surface area contributed by atoms with Crippen LogP contribution in [0.4, 0.5) is 0 Å². The lowest BCUT2D eigenvalue weighted by Gasteiger charge is -2.18. The molecular formula is C12H20N4O. The molecular weight excluding hydrogens is 216 g/mol. The number of carbonyl (C=O) groups excluding carboxylic acids is 1. The Morgan fingerprint density at radius 2 is 2.24 bits per heavy atom. The second-order valence-corrected chi connectivity index (χ2v) is 4.84. The van der Waals surface area contributed by atoms with E-state index in [1.165, 1.54) is 0 Å². The first-order valence-corrected chi connectivity index (χ1v) is 6.11. The van der Waals surface area contributed by atoms with E-state index in [1.807, 2.05) is 33.3 Å². The van der Waals surface area contributed by atoms with Gasteiger partial charge in [0, 0.05) is 30.9 Å². The molecule has 1 fully saturated rings. The third-order valence-corrected chi connectivity index (χ3v) is 3.04. The van der Waals surface area contributed by atoms with E-state index >= 15 is 0 Å². The summed E-state index contributed by atoms with van der Waals surface area (Å²) in [4.78, 5) is 11.8. The summed E-state index contributed by atoms with van der Waals surface area (Å²) in [5.74, 6) is 0.0863. The molecule has 0 bridgehead atoms. The first-order chi connectivity index (χ1) is 8.06. The lowest BCUT2D eigenvalue weighted by Crippen LogP contribution is -2.43. The zero-order valence-corrected chi connectivity index (χ0v) is 10.6. The number of aryl methyl sites for hydroxylation is 1. The van der Waals surface area contributed by atoms with Crippen LogP contribution in [0.15, 0.2) is 12.4 Å². The minimum atomic E-state index is -0.175. The molecule has 2 atom stereocenters. The number of aromatic nitrogens is 2. The van der Waals surface area contributed by atoms with Crippen molar-refractivity contribution >= 4 is 5.91 Å². The van der Waals surface area contributed by atoms with E-state index in [0.29, 0.717) is 6.04 Å². The minimum absolute atomic E-state index is 0.0863. The summed E-state index contributed by atoms with van der Waals surface area (Å²) in [6.45, 7) is 3.93. The van der Waals surface area contributed by atoms with E-state index in [0.717, 1.165) is 18.4 Å². The van der Waals surface area contributed by atoms with Gasteiger partial charge in [0.15, 0.2) is 0 Å². The highest BCUT2D eigenvalue weighted by molar-refractivity contribution is 5.81. The zero-order chi connectivity index (χ0) is 12.4. The molecule has 94 valence electrons. The molecule has 0 aromatic carbocycles. The molecule has 5 nitrogen and oxygen atoms in total.